The second-order valence-electron chi connectivity index (χ2n) is 8.24. The normalized spacial score (nSPS) is 17.6. The topological polar surface area (TPSA) is 61.9 Å². The SMILES string of the molecule is COc1ccc(CN2CC3(CCN(C(=O)NCCc4ccccc4)CC3)C2=O)cc1. The maximum absolute atomic E-state index is 12.9. The number of hydrogen-bond acceptors (Lipinski definition) is 3. The molecule has 2 aliphatic rings. The molecule has 3 amide bonds. The number of urea groups is 1. The minimum absolute atomic E-state index is 0.0253. The molecule has 0 aromatic heterocycles. The maximum atomic E-state index is 12.9. The van der Waals surface area contributed by atoms with Gasteiger partial charge in [0.05, 0.1) is 12.5 Å². The quantitative estimate of drug-likeness (QED) is 0.749. The predicted octanol–water partition coefficient (Wildman–Crippen LogP) is 3.07. The van der Waals surface area contributed by atoms with Gasteiger partial charge in [0.15, 0.2) is 0 Å². The van der Waals surface area contributed by atoms with E-state index in [0.717, 1.165) is 37.1 Å². The molecule has 0 bridgehead atoms. The lowest BCUT2D eigenvalue weighted by Gasteiger charge is -2.52. The highest BCUT2D eigenvalue weighted by molar-refractivity contribution is 5.89. The highest BCUT2D eigenvalue weighted by Gasteiger charge is 2.53. The van der Waals surface area contributed by atoms with E-state index in [4.69, 9.17) is 4.74 Å². The van der Waals surface area contributed by atoms with Gasteiger partial charge in [-0.3, -0.25) is 4.79 Å². The number of rotatable bonds is 6. The van der Waals surface area contributed by atoms with E-state index in [2.05, 4.69) is 17.4 Å². The number of nitrogens with zero attached hydrogens (tertiary/aromatic N) is 2. The molecular weight excluding hydrogens is 378 g/mol. The van der Waals surface area contributed by atoms with Gasteiger partial charge in [0.2, 0.25) is 5.91 Å². The van der Waals surface area contributed by atoms with Crippen LogP contribution in [0.4, 0.5) is 4.79 Å². The molecule has 0 saturated carbocycles. The summed E-state index contributed by atoms with van der Waals surface area (Å²) in [5.41, 5.74) is 2.05. The molecule has 2 aliphatic heterocycles. The number of β-lactam (4-membered cyclic amide) rings is 1. The van der Waals surface area contributed by atoms with Gasteiger partial charge in [0.1, 0.15) is 5.75 Å². The number of benzene rings is 2. The second kappa shape index (κ2) is 8.78. The van der Waals surface area contributed by atoms with Gasteiger partial charge in [0, 0.05) is 32.7 Å². The fourth-order valence-electron chi connectivity index (χ4n) is 4.41. The van der Waals surface area contributed by atoms with E-state index in [-0.39, 0.29) is 17.4 Å². The number of carbonyl (C=O) groups excluding carboxylic acids is 2. The third-order valence-electron chi connectivity index (χ3n) is 6.31. The van der Waals surface area contributed by atoms with Crippen LogP contribution in [0.3, 0.4) is 0 Å². The third-order valence-corrected chi connectivity index (χ3v) is 6.31. The van der Waals surface area contributed by atoms with Crippen molar-refractivity contribution in [3.8, 4) is 5.75 Å². The van der Waals surface area contributed by atoms with Crippen LogP contribution >= 0.6 is 0 Å². The number of ether oxygens (including phenoxy) is 1. The van der Waals surface area contributed by atoms with E-state index in [9.17, 15) is 9.59 Å². The minimum Gasteiger partial charge on any atom is -0.497 e. The van der Waals surface area contributed by atoms with Crippen LogP contribution in [0.15, 0.2) is 54.6 Å². The number of likely N-dealkylation sites (tertiary alicyclic amines) is 2. The Morgan fingerprint density at radius 1 is 1.03 bits per heavy atom. The largest absolute Gasteiger partial charge is 0.497 e. The molecule has 2 aromatic carbocycles. The van der Waals surface area contributed by atoms with Gasteiger partial charge >= 0.3 is 6.03 Å². The molecule has 0 radical (unpaired) electrons. The van der Waals surface area contributed by atoms with E-state index in [1.165, 1.54) is 5.56 Å². The number of hydrogen-bond donors (Lipinski definition) is 1. The first kappa shape index (κ1) is 20.3. The predicted molar refractivity (Wildman–Crippen MR) is 115 cm³/mol. The van der Waals surface area contributed by atoms with Crippen molar-refractivity contribution >= 4 is 11.9 Å². The summed E-state index contributed by atoms with van der Waals surface area (Å²) in [4.78, 5) is 29.1. The van der Waals surface area contributed by atoms with Crippen molar-refractivity contribution in [3.05, 3.63) is 65.7 Å². The Labute approximate surface area is 177 Å². The highest BCUT2D eigenvalue weighted by Crippen LogP contribution is 2.42. The van der Waals surface area contributed by atoms with E-state index >= 15 is 0 Å². The molecule has 0 aliphatic carbocycles. The fraction of sp³-hybridized carbons (Fsp3) is 0.417. The van der Waals surface area contributed by atoms with Gasteiger partial charge in [0.25, 0.3) is 0 Å². The number of piperidine rings is 1. The molecule has 158 valence electrons. The monoisotopic (exact) mass is 407 g/mol. The third kappa shape index (κ3) is 4.27. The average Bonchev–Trinajstić information content (AvgIpc) is 2.80. The van der Waals surface area contributed by atoms with Crippen molar-refractivity contribution in [1.29, 1.82) is 0 Å². The Bertz CT molecular complexity index is 874. The van der Waals surface area contributed by atoms with Crippen LogP contribution in [0.1, 0.15) is 24.0 Å². The van der Waals surface area contributed by atoms with Crippen molar-refractivity contribution in [2.24, 2.45) is 5.41 Å². The zero-order valence-corrected chi connectivity index (χ0v) is 17.5. The zero-order valence-electron chi connectivity index (χ0n) is 17.5. The molecule has 6 heteroatoms. The van der Waals surface area contributed by atoms with E-state index in [1.54, 1.807) is 7.11 Å². The van der Waals surface area contributed by atoms with Crippen LogP contribution in [-0.4, -0.2) is 55.0 Å². The summed E-state index contributed by atoms with van der Waals surface area (Å²) in [5.74, 6) is 1.04. The van der Waals surface area contributed by atoms with Gasteiger partial charge < -0.3 is 19.9 Å². The van der Waals surface area contributed by atoms with Crippen LogP contribution in [0.5, 0.6) is 5.75 Å². The zero-order chi connectivity index (χ0) is 21.0. The first-order valence-electron chi connectivity index (χ1n) is 10.6. The fourth-order valence-corrected chi connectivity index (χ4v) is 4.41. The summed E-state index contributed by atoms with van der Waals surface area (Å²) in [5, 5.41) is 3.01. The van der Waals surface area contributed by atoms with Crippen LogP contribution in [-0.2, 0) is 17.8 Å². The first-order chi connectivity index (χ1) is 14.6. The molecule has 2 fully saturated rings. The Morgan fingerprint density at radius 3 is 2.37 bits per heavy atom. The molecule has 1 N–H and O–H groups in total. The maximum Gasteiger partial charge on any atom is 0.317 e. The Hall–Kier alpha value is -3.02. The van der Waals surface area contributed by atoms with Gasteiger partial charge in [-0.1, -0.05) is 42.5 Å². The molecule has 30 heavy (non-hydrogen) atoms. The van der Waals surface area contributed by atoms with Crippen LogP contribution < -0.4 is 10.1 Å². The van der Waals surface area contributed by atoms with Gasteiger partial charge in [-0.2, -0.15) is 0 Å². The lowest BCUT2D eigenvalue weighted by molar-refractivity contribution is -0.165. The van der Waals surface area contributed by atoms with Crippen LogP contribution in [0.25, 0.3) is 0 Å². The number of carbonyl (C=O) groups is 2. The van der Waals surface area contributed by atoms with Gasteiger partial charge in [-0.15, -0.1) is 0 Å². The molecular formula is C24H29N3O3. The highest BCUT2D eigenvalue weighted by atomic mass is 16.5. The Balaban J connectivity index is 1.21. The number of methoxy groups -OCH3 is 1. The van der Waals surface area contributed by atoms with Crippen molar-refractivity contribution in [2.45, 2.75) is 25.8 Å². The van der Waals surface area contributed by atoms with Crippen molar-refractivity contribution in [3.63, 3.8) is 0 Å². The summed E-state index contributed by atoms with van der Waals surface area (Å²) in [6.45, 7) is 3.31. The van der Waals surface area contributed by atoms with Gasteiger partial charge in [-0.25, -0.2) is 4.79 Å². The number of nitrogens with one attached hydrogen (secondary N) is 1. The summed E-state index contributed by atoms with van der Waals surface area (Å²) < 4.78 is 5.18. The molecule has 0 atom stereocenters. The molecule has 2 heterocycles. The molecule has 0 unspecified atom stereocenters. The summed E-state index contributed by atoms with van der Waals surface area (Å²) >= 11 is 0. The first-order valence-corrected chi connectivity index (χ1v) is 10.6. The van der Waals surface area contributed by atoms with E-state index in [0.29, 0.717) is 26.2 Å². The average molecular weight is 408 g/mol. The summed E-state index contributed by atoms with van der Waals surface area (Å²) in [7, 11) is 1.65. The lowest BCUT2D eigenvalue weighted by Crippen LogP contribution is -2.64. The Kier molecular flexibility index (Phi) is 5.93. The standard InChI is InChI=1S/C24H29N3O3/c1-30-21-9-7-20(8-10-21)17-27-18-24(22(27)28)12-15-26(16-13-24)23(29)25-14-11-19-5-3-2-4-6-19/h2-10H,11-18H2,1H3,(H,25,29). The minimum atomic E-state index is -0.271. The molecule has 2 aromatic rings. The molecule has 2 saturated heterocycles. The van der Waals surface area contributed by atoms with Gasteiger partial charge in [-0.05, 0) is 42.5 Å². The van der Waals surface area contributed by atoms with Crippen molar-refractivity contribution in [2.75, 3.05) is 33.3 Å². The molecule has 4 rings (SSSR count). The smallest absolute Gasteiger partial charge is 0.317 e. The number of amides is 3. The summed E-state index contributed by atoms with van der Waals surface area (Å²) in [6.07, 6.45) is 2.32. The van der Waals surface area contributed by atoms with Crippen LogP contribution in [0, 0.1) is 5.41 Å². The molecule has 1 spiro atoms. The summed E-state index contributed by atoms with van der Waals surface area (Å²) in [6, 6.07) is 18.0. The lowest BCUT2D eigenvalue weighted by atomic mass is 9.71. The van der Waals surface area contributed by atoms with E-state index < -0.39 is 0 Å². The van der Waals surface area contributed by atoms with E-state index in [1.807, 2.05) is 52.3 Å². The van der Waals surface area contributed by atoms with Crippen molar-refractivity contribution in [1.82, 2.24) is 15.1 Å². The van der Waals surface area contributed by atoms with Crippen LogP contribution in [0.2, 0.25) is 0 Å². The second-order valence-corrected chi connectivity index (χ2v) is 8.24. The molecule has 6 nitrogen and oxygen atoms in total. The van der Waals surface area contributed by atoms with Crippen molar-refractivity contribution < 1.29 is 14.3 Å². The Morgan fingerprint density at radius 2 is 1.73 bits per heavy atom.